The summed E-state index contributed by atoms with van der Waals surface area (Å²) in [5, 5.41) is 0. The minimum absolute atomic E-state index is 0.295. The van der Waals surface area contributed by atoms with Crippen LogP contribution >= 0.6 is 15.9 Å². The molecule has 0 atom stereocenters. The Morgan fingerprint density at radius 3 is 2.81 bits per heavy atom. The van der Waals surface area contributed by atoms with E-state index in [1.165, 1.54) is 0 Å². The molecule has 0 saturated carbocycles. The van der Waals surface area contributed by atoms with E-state index in [2.05, 4.69) is 22.9 Å². The molecule has 0 saturated heterocycles. The highest BCUT2D eigenvalue weighted by Gasteiger charge is 2.08. The zero-order valence-electron chi connectivity index (χ0n) is 9.33. The van der Waals surface area contributed by atoms with E-state index < -0.39 is 0 Å². The molecular weight excluding hydrogens is 270 g/mol. The van der Waals surface area contributed by atoms with Crippen LogP contribution in [0, 0.1) is 0 Å². The molecule has 0 radical (unpaired) electrons. The number of hydrogen-bond donors (Lipinski definition) is 1. The van der Waals surface area contributed by atoms with Crippen LogP contribution in [-0.2, 0) is 4.74 Å². The fraction of sp³-hybridized carbons (Fsp3) is 0.417. The molecule has 1 aromatic rings. The third-order valence-electron chi connectivity index (χ3n) is 2.22. The van der Waals surface area contributed by atoms with E-state index >= 15 is 0 Å². The van der Waals surface area contributed by atoms with Crippen LogP contribution in [0.5, 0.6) is 0 Å². The van der Waals surface area contributed by atoms with E-state index in [1.54, 1.807) is 18.2 Å². The molecule has 16 heavy (non-hydrogen) atoms. The number of carbonyl (C=O) groups is 1. The quantitative estimate of drug-likeness (QED) is 0.513. The van der Waals surface area contributed by atoms with Crippen LogP contribution in [0.2, 0.25) is 0 Å². The number of nitrogen functional groups attached to an aromatic ring is 1. The Bertz CT molecular complexity index is 366. The number of hydrogen-bond acceptors (Lipinski definition) is 3. The molecule has 1 aromatic carbocycles. The van der Waals surface area contributed by atoms with Gasteiger partial charge in [0.15, 0.2) is 0 Å². The second-order valence-corrected chi connectivity index (χ2v) is 4.43. The van der Waals surface area contributed by atoms with Crippen molar-refractivity contribution in [3.8, 4) is 0 Å². The Hall–Kier alpha value is -1.03. The molecule has 0 heterocycles. The largest absolute Gasteiger partial charge is 0.462 e. The minimum Gasteiger partial charge on any atom is -0.462 e. The highest BCUT2D eigenvalue weighted by Crippen LogP contribution is 2.20. The first-order valence-electron chi connectivity index (χ1n) is 5.37. The lowest BCUT2D eigenvalue weighted by molar-refractivity contribution is 0.0498. The maximum Gasteiger partial charge on any atom is 0.338 e. The van der Waals surface area contributed by atoms with Gasteiger partial charge in [0.25, 0.3) is 0 Å². The number of halogens is 1. The fourth-order valence-corrected chi connectivity index (χ4v) is 1.63. The zero-order chi connectivity index (χ0) is 12.0. The molecule has 0 spiro atoms. The van der Waals surface area contributed by atoms with Crippen molar-refractivity contribution < 1.29 is 9.53 Å². The fourth-order valence-electron chi connectivity index (χ4n) is 1.25. The highest BCUT2D eigenvalue weighted by molar-refractivity contribution is 9.10. The minimum atomic E-state index is -0.295. The third kappa shape index (κ3) is 3.85. The average molecular weight is 286 g/mol. The zero-order valence-corrected chi connectivity index (χ0v) is 10.9. The molecule has 0 unspecified atom stereocenters. The van der Waals surface area contributed by atoms with Crippen molar-refractivity contribution in [3.63, 3.8) is 0 Å². The summed E-state index contributed by atoms with van der Waals surface area (Å²) in [6, 6.07) is 5.03. The Morgan fingerprint density at radius 2 is 2.19 bits per heavy atom. The topological polar surface area (TPSA) is 52.3 Å². The molecule has 0 aliphatic heterocycles. The normalized spacial score (nSPS) is 10.1. The van der Waals surface area contributed by atoms with Crippen LogP contribution in [0.4, 0.5) is 5.69 Å². The van der Waals surface area contributed by atoms with Crippen LogP contribution < -0.4 is 5.73 Å². The number of ether oxygens (including phenoxy) is 1. The van der Waals surface area contributed by atoms with Crippen molar-refractivity contribution in [2.24, 2.45) is 0 Å². The summed E-state index contributed by atoms with van der Waals surface area (Å²) in [6.07, 6.45) is 3.11. The van der Waals surface area contributed by atoms with E-state index in [0.717, 1.165) is 23.7 Å². The molecule has 4 heteroatoms. The van der Waals surface area contributed by atoms with E-state index in [1.807, 2.05) is 0 Å². The second-order valence-electron chi connectivity index (χ2n) is 3.58. The van der Waals surface area contributed by atoms with Crippen molar-refractivity contribution in [1.82, 2.24) is 0 Å². The van der Waals surface area contributed by atoms with Crippen LogP contribution in [0.15, 0.2) is 22.7 Å². The molecule has 3 nitrogen and oxygen atoms in total. The number of rotatable bonds is 5. The predicted molar refractivity (Wildman–Crippen MR) is 68.4 cm³/mol. The van der Waals surface area contributed by atoms with Gasteiger partial charge < -0.3 is 10.5 Å². The Labute approximate surface area is 104 Å². The Balaban J connectivity index is 2.50. The van der Waals surface area contributed by atoms with Crippen LogP contribution in [0.1, 0.15) is 36.5 Å². The van der Waals surface area contributed by atoms with Gasteiger partial charge in [-0.25, -0.2) is 4.79 Å². The van der Waals surface area contributed by atoms with Gasteiger partial charge in [0.05, 0.1) is 12.2 Å². The summed E-state index contributed by atoms with van der Waals surface area (Å²) >= 11 is 3.27. The van der Waals surface area contributed by atoms with Crippen LogP contribution in [0.3, 0.4) is 0 Å². The number of unbranched alkanes of at least 4 members (excludes halogenated alkanes) is 2. The molecular formula is C12H16BrNO2. The summed E-state index contributed by atoms with van der Waals surface area (Å²) in [5.41, 5.74) is 6.77. The van der Waals surface area contributed by atoms with Crippen molar-refractivity contribution in [1.29, 1.82) is 0 Å². The predicted octanol–water partition coefficient (Wildman–Crippen LogP) is 3.38. The number of nitrogens with two attached hydrogens (primary N) is 1. The molecule has 88 valence electrons. The van der Waals surface area contributed by atoms with Gasteiger partial charge in [-0.3, -0.25) is 0 Å². The van der Waals surface area contributed by atoms with E-state index in [0.29, 0.717) is 17.9 Å². The molecule has 1 rings (SSSR count). The first-order valence-corrected chi connectivity index (χ1v) is 6.16. The Kier molecular flexibility index (Phi) is 5.32. The molecule has 0 fully saturated rings. The summed E-state index contributed by atoms with van der Waals surface area (Å²) in [4.78, 5) is 11.6. The first-order chi connectivity index (χ1) is 7.65. The van der Waals surface area contributed by atoms with Crippen molar-refractivity contribution >= 4 is 27.6 Å². The Morgan fingerprint density at radius 1 is 1.44 bits per heavy atom. The molecule has 0 aliphatic rings. The standard InChI is InChI=1S/C12H16BrNO2/c1-2-3-4-7-16-12(15)9-5-6-11(14)10(13)8-9/h5-6,8H,2-4,7,14H2,1H3. The lowest BCUT2D eigenvalue weighted by Gasteiger charge is -2.05. The average Bonchev–Trinajstić information content (AvgIpc) is 2.28. The first kappa shape index (κ1) is 13.0. The summed E-state index contributed by atoms with van der Waals surface area (Å²) in [6.45, 7) is 2.59. The summed E-state index contributed by atoms with van der Waals surface area (Å²) in [7, 11) is 0. The van der Waals surface area contributed by atoms with Gasteiger partial charge in [-0.1, -0.05) is 19.8 Å². The number of carbonyl (C=O) groups excluding carboxylic acids is 1. The van der Waals surface area contributed by atoms with Crippen molar-refractivity contribution in [3.05, 3.63) is 28.2 Å². The highest BCUT2D eigenvalue weighted by atomic mass is 79.9. The van der Waals surface area contributed by atoms with E-state index in [9.17, 15) is 4.79 Å². The van der Waals surface area contributed by atoms with Gasteiger partial charge in [-0.15, -0.1) is 0 Å². The maximum absolute atomic E-state index is 11.6. The molecule has 0 bridgehead atoms. The van der Waals surface area contributed by atoms with Crippen molar-refractivity contribution in [2.75, 3.05) is 12.3 Å². The van der Waals surface area contributed by atoms with E-state index in [4.69, 9.17) is 10.5 Å². The van der Waals surface area contributed by atoms with Gasteiger partial charge in [0.1, 0.15) is 0 Å². The number of esters is 1. The lowest BCUT2D eigenvalue weighted by Crippen LogP contribution is -2.06. The summed E-state index contributed by atoms with van der Waals surface area (Å²) in [5.74, 6) is -0.295. The van der Waals surface area contributed by atoms with Crippen molar-refractivity contribution in [2.45, 2.75) is 26.2 Å². The second kappa shape index (κ2) is 6.53. The monoisotopic (exact) mass is 285 g/mol. The van der Waals surface area contributed by atoms with Gasteiger partial charge >= 0.3 is 5.97 Å². The lowest BCUT2D eigenvalue weighted by atomic mass is 10.2. The van der Waals surface area contributed by atoms with Crippen LogP contribution in [0.25, 0.3) is 0 Å². The maximum atomic E-state index is 11.6. The molecule has 0 amide bonds. The van der Waals surface area contributed by atoms with Gasteiger partial charge in [-0.2, -0.15) is 0 Å². The SMILES string of the molecule is CCCCCOC(=O)c1ccc(N)c(Br)c1. The summed E-state index contributed by atoms with van der Waals surface area (Å²) < 4.78 is 5.84. The molecule has 2 N–H and O–H groups in total. The number of anilines is 1. The van der Waals surface area contributed by atoms with Gasteiger partial charge in [0, 0.05) is 10.2 Å². The van der Waals surface area contributed by atoms with Gasteiger partial charge in [-0.05, 0) is 40.5 Å². The van der Waals surface area contributed by atoms with Crippen LogP contribution in [-0.4, -0.2) is 12.6 Å². The van der Waals surface area contributed by atoms with Gasteiger partial charge in [0.2, 0.25) is 0 Å². The molecule has 0 aliphatic carbocycles. The molecule has 0 aromatic heterocycles. The smallest absolute Gasteiger partial charge is 0.338 e. The van der Waals surface area contributed by atoms with E-state index in [-0.39, 0.29) is 5.97 Å². The third-order valence-corrected chi connectivity index (χ3v) is 2.90. The number of benzene rings is 1.